The molecule has 0 bridgehead atoms. The maximum absolute atomic E-state index is 6.37. The monoisotopic (exact) mass is 582 g/mol. The van der Waals surface area contributed by atoms with Crippen molar-refractivity contribution in [1.82, 2.24) is 19.9 Å². The predicted molar refractivity (Wildman–Crippen MR) is 180 cm³/mol. The van der Waals surface area contributed by atoms with E-state index in [9.17, 15) is 0 Å². The van der Waals surface area contributed by atoms with Gasteiger partial charge in [0.25, 0.3) is 0 Å². The van der Waals surface area contributed by atoms with E-state index < -0.39 is 0 Å². The normalized spacial score (nSPS) is 11.6. The van der Waals surface area contributed by atoms with Crippen molar-refractivity contribution < 1.29 is 4.42 Å². The highest BCUT2D eigenvalue weighted by atomic mass is 32.1. The van der Waals surface area contributed by atoms with Crippen LogP contribution in [-0.4, -0.2) is 19.9 Å². The molecule has 0 aliphatic rings. The largest absolute Gasteiger partial charge is 0.455 e. The van der Waals surface area contributed by atoms with Crippen molar-refractivity contribution in [3.05, 3.63) is 133 Å². The van der Waals surface area contributed by atoms with Gasteiger partial charge in [0.2, 0.25) is 0 Å². The second-order valence-electron chi connectivity index (χ2n) is 10.7. The highest BCUT2D eigenvalue weighted by Gasteiger charge is 2.18. The zero-order valence-corrected chi connectivity index (χ0v) is 24.1. The third kappa shape index (κ3) is 4.07. The molecule has 0 aliphatic carbocycles. The van der Waals surface area contributed by atoms with Gasteiger partial charge in [-0.3, -0.25) is 0 Å². The van der Waals surface area contributed by atoms with Crippen LogP contribution in [0.15, 0.2) is 138 Å². The summed E-state index contributed by atoms with van der Waals surface area (Å²) in [6, 6.07) is 45.2. The van der Waals surface area contributed by atoms with Crippen molar-refractivity contribution in [3.63, 3.8) is 0 Å². The van der Waals surface area contributed by atoms with Crippen molar-refractivity contribution in [2.24, 2.45) is 0 Å². The second kappa shape index (κ2) is 9.93. The van der Waals surface area contributed by atoms with Gasteiger partial charge in [0.05, 0.1) is 15.8 Å². The van der Waals surface area contributed by atoms with E-state index in [1.165, 1.54) is 0 Å². The second-order valence-corrected chi connectivity index (χ2v) is 11.7. The van der Waals surface area contributed by atoms with Crippen molar-refractivity contribution in [3.8, 4) is 44.7 Å². The molecule has 6 heteroatoms. The molecule has 206 valence electrons. The fourth-order valence-electron chi connectivity index (χ4n) is 5.81. The third-order valence-electron chi connectivity index (χ3n) is 7.96. The van der Waals surface area contributed by atoms with Crippen LogP contribution in [0.2, 0.25) is 0 Å². The van der Waals surface area contributed by atoms with Gasteiger partial charge in [0.1, 0.15) is 16.2 Å². The van der Waals surface area contributed by atoms with Crippen molar-refractivity contribution >= 4 is 54.3 Å². The Bertz CT molecular complexity index is 2500. The van der Waals surface area contributed by atoms with Crippen molar-refractivity contribution in [1.29, 1.82) is 0 Å². The predicted octanol–water partition coefficient (Wildman–Crippen LogP) is 10.2. The van der Waals surface area contributed by atoms with Gasteiger partial charge in [0, 0.05) is 32.8 Å². The lowest BCUT2D eigenvalue weighted by atomic mass is 10.1. The molecule has 6 aromatic carbocycles. The lowest BCUT2D eigenvalue weighted by Crippen LogP contribution is -2.00. The molecule has 0 radical (unpaired) electrons. The number of benzene rings is 6. The number of nitrogens with zero attached hydrogens (tertiary/aromatic N) is 4. The lowest BCUT2D eigenvalue weighted by molar-refractivity contribution is 0.669. The molecule has 0 atom stereocenters. The number of aromatic nitrogens is 4. The van der Waals surface area contributed by atoms with E-state index >= 15 is 0 Å². The van der Waals surface area contributed by atoms with E-state index in [0.717, 1.165) is 70.2 Å². The van der Waals surface area contributed by atoms with Gasteiger partial charge in [-0.25, -0.2) is 19.9 Å². The van der Waals surface area contributed by atoms with Crippen LogP contribution in [0.25, 0.3) is 87.7 Å². The first-order valence-corrected chi connectivity index (χ1v) is 15.2. The third-order valence-corrected chi connectivity index (χ3v) is 9.12. The van der Waals surface area contributed by atoms with E-state index in [1.807, 2.05) is 78.9 Å². The van der Waals surface area contributed by atoms with E-state index in [4.69, 9.17) is 24.4 Å². The molecule has 3 aromatic heterocycles. The fraction of sp³-hybridized carbons (Fsp3) is 0. The highest BCUT2D eigenvalue weighted by Crippen LogP contribution is 2.38. The standard InChI is InChI=1S/C38H22N4OS/c1-3-10-24(11-4-1)35-40-36(42-37(41-35)29-16-9-15-28-27-14-7-8-17-32(27)43-33(28)29)26-19-18-23-20-21-31-34(30(23)22-26)44-38(39-31)25-12-5-2-6-13-25/h1-22H. The van der Waals surface area contributed by atoms with E-state index in [1.54, 1.807) is 11.3 Å². The topological polar surface area (TPSA) is 64.7 Å². The van der Waals surface area contributed by atoms with Gasteiger partial charge in [-0.1, -0.05) is 109 Å². The summed E-state index contributed by atoms with van der Waals surface area (Å²) < 4.78 is 7.51. The van der Waals surface area contributed by atoms with Gasteiger partial charge in [-0.2, -0.15) is 0 Å². The van der Waals surface area contributed by atoms with Crippen molar-refractivity contribution in [2.45, 2.75) is 0 Å². The molecule has 9 aromatic rings. The van der Waals surface area contributed by atoms with Crippen LogP contribution < -0.4 is 0 Å². The first-order valence-electron chi connectivity index (χ1n) is 14.4. The van der Waals surface area contributed by atoms with Gasteiger partial charge in [-0.05, 0) is 29.7 Å². The van der Waals surface area contributed by atoms with Gasteiger partial charge in [0.15, 0.2) is 17.5 Å². The molecule has 5 nitrogen and oxygen atoms in total. The Hall–Kier alpha value is -5.72. The SMILES string of the molecule is c1ccc(-c2nc(-c3ccc4ccc5nc(-c6ccccc6)sc5c4c3)nc(-c3cccc4c3oc3ccccc34)n2)cc1. The summed E-state index contributed by atoms with van der Waals surface area (Å²) in [6.07, 6.45) is 0. The van der Waals surface area contributed by atoms with Gasteiger partial charge < -0.3 is 4.42 Å². The first-order chi connectivity index (χ1) is 21.8. The summed E-state index contributed by atoms with van der Waals surface area (Å²) in [5.41, 5.74) is 6.37. The number of furan rings is 1. The fourth-order valence-corrected chi connectivity index (χ4v) is 6.91. The van der Waals surface area contributed by atoms with Crippen LogP contribution in [0.3, 0.4) is 0 Å². The minimum Gasteiger partial charge on any atom is -0.455 e. The molecule has 0 saturated carbocycles. The number of para-hydroxylation sites is 2. The zero-order valence-electron chi connectivity index (χ0n) is 23.3. The molecule has 0 spiro atoms. The van der Waals surface area contributed by atoms with Gasteiger partial charge >= 0.3 is 0 Å². The van der Waals surface area contributed by atoms with Crippen LogP contribution in [0.1, 0.15) is 0 Å². The molecule has 0 N–H and O–H groups in total. The molecule has 0 fully saturated rings. The summed E-state index contributed by atoms with van der Waals surface area (Å²) in [4.78, 5) is 20.0. The van der Waals surface area contributed by atoms with Crippen LogP contribution >= 0.6 is 11.3 Å². The Morgan fingerprint density at radius 2 is 1.16 bits per heavy atom. The summed E-state index contributed by atoms with van der Waals surface area (Å²) in [5, 5.41) is 5.39. The number of hydrogen-bond donors (Lipinski definition) is 0. The van der Waals surface area contributed by atoms with Crippen LogP contribution in [-0.2, 0) is 0 Å². The molecule has 0 amide bonds. The molecular weight excluding hydrogens is 561 g/mol. The average Bonchev–Trinajstić information content (AvgIpc) is 3.71. The number of rotatable bonds is 4. The number of hydrogen-bond acceptors (Lipinski definition) is 6. The Morgan fingerprint density at radius 1 is 0.477 bits per heavy atom. The summed E-state index contributed by atoms with van der Waals surface area (Å²) >= 11 is 1.71. The minimum absolute atomic E-state index is 0.570. The number of thiazole rings is 1. The van der Waals surface area contributed by atoms with Crippen LogP contribution in [0, 0.1) is 0 Å². The Morgan fingerprint density at radius 3 is 2.00 bits per heavy atom. The summed E-state index contributed by atoms with van der Waals surface area (Å²) in [5.74, 6) is 1.79. The smallest absolute Gasteiger partial charge is 0.167 e. The minimum atomic E-state index is 0.570. The molecule has 3 heterocycles. The maximum atomic E-state index is 6.37. The van der Waals surface area contributed by atoms with E-state index in [0.29, 0.717) is 17.5 Å². The van der Waals surface area contributed by atoms with Crippen LogP contribution in [0.4, 0.5) is 0 Å². The zero-order chi connectivity index (χ0) is 29.0. The molecule has 44 heavy (non-hydrogen) atoms. The average molecular weight is 583 g/mol. The Labute approximate surface area is 256 Å². The maximum Gasteiger partial charge on any atom is 0.167 e. The van der Waals surface area contributed by atoms with E-state index in [-0.39, 0.29) is 0 Å². The van der Waals surface area contributed by atoms with Crippen LogP contribution in [0.5, 0.6) is 0 Å². The van der Waals surface area contributed by atoms with Gasteiger partial charge in [-0.15, -0.1) is 11.3 Å². The summed E-state index contributed by atoms with van der Waals surface area (Å²) in [6.45, 7) is 0. The first kappa shape index (κ1) is 24.8. The molecule has 0 aliphatic heterocycles. The molecule has 9 rings (SSSR count). The lowest BCUT2D eigenvalue weighted by Gasteiger charge is -2.09. The summed E-state index contributed by atoms with van der Waals surface area (Å²) in [7, 11) is 0. The highest BCUT2D eigenvalue weighted by molar-refractivity contribution is 7.22. The molecule has 0 unspecified atom stereocenters. The molecule has 0 saturated heterocycles. The Kier molecular flexibility index (Phi) is 5.61. The Balaban J connectivity index is 1.26. The quantitative estimate of drug-likeness (QED) is 0.207. The molecular formula is C38H22N4OS. The van der Waals surface area contributed by atoms with E-state index in [2.05, 4.69) is 54.6 Å². The number of fused-ring (bicyclic) bond motifs is 6. The van der Waals surface area contributed by atoms with Crippen molar-refractivity contribution in [2.75, 3.05) is 0 Å².